The van der Waals surface area contributed by atoms with Gasteiger partial charge < -0.3 is 9.29 Å². The molecule has 1 atom stereocenters. The van der Waals surface area contributed by atoms with Gasteiger partial charge in [-0.3, -0.25) is 0 Å². The van der Waals surface area contributed by atoms with Gasteiger partial charge in [-0.15, -0.1) is 0 Å². The lowest BCUT2D eigenvalue weighted by molar-refractivity contribution is 0.483. The Balaban J connectivity index is 2.44. The van der Waals surface area contributed by atoms with Gasteiger partial charge in [0.05, 0.1) is 0 Å². The molecule has 0 aliphatic carbocycles. The van der Waals surface area contributed by atoms with Crippen LogP contribution < -0.4 is 4.74 Å². The molecule has 1 N–H and O–H groups in total. The molecule has 5 heteroatoms. The van der Waals surface area contributed by atoms with E-state index >= 15 is 0 Å². The minimum atomic E-state index is -3.21. The van der Waals surface area contributed by atoms with Gasteiger partial charge in [0.25, 0.3) is 0 Å². The second-order valence-corrected chi connectivity index (χ2v) is 5.95. The number of benzene rings is 2. The van der Waals surface area contributed by atoms with E-state index in [9.17, 15) is 8.76 Å². The Morgan fingerprint density at radius 3 is 2.47 bits per heavy atom. The zero-order valence-electron chi connectivity index (χ0n) is 10.7. The van der Waals surface area contributed by atoms with Crippen LogP contribution in [0.2, 0.25) is 0 Å². The molecule has 0 aliphatic heterocycles. The summed E-state index contributed by atoms with van der Waals surface area (Å²) in [7, 11) is -3.21. The molecule has 0 saturated heterocycles. The molecule has 2 aromatic carbocycles. The summed E-state index contributed by atoms with van der Waals surface area (Å²) in [5, 5.41) is 0. The molecule has 0 fully saturated rings. The maximum atomic E-state index is 11.4. The molecule has 0 saturated carbocycles. The van der Waals surface area contributed by atoms with Gasteiger partial charge >= 0.3 is 0 Å². The van der Waals surface area contributed by atoms with Crippen molar-refractivity contribution in [2.24, 2.45) is 4.36 Å². The monoisotopic (exact) mass is 277 g/mol. The van der Waals surface area contributed by atoms with Crippen LogP contribution in [0.3, 0.4) is 0 Å². The molecule has 0 radical (unpaired) electrons. The summed E-state index contributed by atoms with van der Waals surface area (Å²) in [5.41, 5.74) is 1.36. The highest BCUT2D eigenvalue weighted by Crippen LogP contribution is 2.33. The van der Waals surface area contributed by atoms with Crippen LogP contribution in [0.15, 0.2) is 52.9 Å². The molecule has 2 rings (SSSR count). The number of rotatable bonds is 3. The zero-order valence-corrected chi connectivity index (χ0v) is 11.6. The quantitative estimate of drug-likeness (QED) is 0.922. The summed E-state index contributed by atoms with van der Waals surface area (Å²) in [6.45, 7) is 1.92. The number of ether oxygens (including phenoxy) is 1. The van der Waals surface area contributed by atoms with E-state index in [1.165, 1.54) is 6.26 Å². The minimum absolute atomic E-state index is 0.365. The van der Waals surface area contributed by atoms with E-state index in [0.29, 0.717) is 17.2 Å². The Morgan fingerprint density at radius 2 is 1.84 bits per heavy atom. The smallest absolute Gasteiger partial charge is 0.162 e. The van der Waals surface area contributed by atoms with Crippen molar-refractivity contribution in [3.8, 4) is 11.5 Å². The van der Waals surface area contributed by atoms with E-state index in [1.54, 1.807) is 12.1 Å². The average Bonchev–Trinajstić information content (AvgIpc) is 2.32. The fraction of sp³-hybridized carbons (Fsp3) is 0.143. The molecule has 0 aromatic heterocycles. The van der Waals surface area contributed by atoms with E-state index < -0.39 is 10.0 Å². The predicted octanol–water partition coefficient (Wildman–Crippen LogP) is 3.99. The van der Waals surface area contributed by atoms with Crippen LogP contribution in [-0.2, 0) is 10.0 Å². The van der Waals surface area contributed by atoms with Gasteiger partial charge in [0.1, 0.15) is 11.4 Å². The van der Waals surface area contributed by atoms with Crippen LogP contribution in [0.25, 0.3) is 0 Å². The van der Waals surface area contributed by atoms with Crippen molar-refractivity contribution in [1.82, 2.24) is 0 Å². The first-order chi connectivity index (χ1) is 8.94. The van der Waals surface area contributed by atoms with Crippen molar-refractivity contribution in [3.05, 3.63) is 54.1 Å². The van der Waals surface area contributed by atoms with Gasteiger partial charge in [-0.05, 0) is 36.8 Å². The Morgan fingerprint density at radius 1 is 1.16 bits per heavy atom. The zero-order chi connectivity index (χ0) is 13.9. The predicted molar refractivity (Wildman–Crippen MR) is 76.5 cm³/mol. The first-order valence-electron chi connectivity index (χ1n) is 5.72. The fourth-order valence-electron chi connectivity index (χ4n) is 1.58. The standard InChI is InChI=1S/C14H15NO3S/c1-11-8-9-13(15-19(2,16)17)14(10-11)18-12-6-4-3-5-7-12/h3-10H,1-2H3,(H,15,16,17). The van der Waals surface area contributed by atoms with Gasteiger partial charge in [0.15, 0.2) is 15.8 Å². The van der Waals surface area contributed by atoms with Crippen molar-refractivity contribution in [1.29, 1.82) is 0 Å². The highest BCUT2D eigenvalue weighted by Gasteiger charge is 2.06. The lowest BCUT2D eigenvalue weighted by atomic mass is 10.2. The second-order valence-electron chi connectivity index (χ2n) is 4.24. The van der Waals surface area contributed by atoms with E-state index in [2.05, 4.69) is 4.36 Å². The summed E-state index contributed by atoms with van der Waals surface area (Å²) >= 11 is 0. The van der Waals surface area contributed by atoms with Crippen LogP contribution >= 0.6 is 0 Å². The van der Waals surface area contributed by atoms with Crippen LogP contribution in [0.1, 0.15) is 5.56 Å². The Bertz CT molecular complexity index is 681. The molecule has 0 bridgehead atoms. The summed E-state index contributed by atoms with van der Waals surface area (Å²) in [5.74, 6) is 1.12. The molecule has 4 nitrogen and oxygen atoms in total. The first kappa shape index (κ1) is 13.6. The number of para-hydroxylation sites is 1. The van der Waals surface area contributed by atoms with E-state index in [-0.39, 0.29) is 0 Å². The minimum Gasteiger partial charge on any atom is -0.455 e. The van der Waals surface area contributed by atoms with E-state index in [0.717, 1.165) is 5.56 Å². The molecular formula is C14H15NO3S. The average molecular weight is 277 g/mol. The van der Waals surface area contributed by atoms with E-state index in [4.69, 9.17) is 4.74 Å². The highest BCUT2D eigenvalue weighted by atomic mass is 32.2. The third kappa shape index (κ3) is 4.08. The summed E-state index contributed by atoms with van der Waals surface area (Å²) in [6.07, 6.45) is 1.17. The maximum absolute atomic E-state index is 11.4. The molecule has 0 amide bonds. The number of nitrogens with zero attached hydrogens (tertiary/aromatic N) is 1. The SMILES string of the molecule is Cc1ccc(N=S(C)(=O)O)c(Oc2ccccc2)c1. The summed E-state index contributed by atoms with van der Waals surface area (Å²) in [6, 6.07) is 14.5. The van der Waals surface area contributed by atoms with Crippen molar-refractivity contribution in [2.75, 3.05) is 6.26 Å². The number of hydrogen-bond donors (Lipinski definition) is 1. The Hall–Kier alpha value is -1.85. The van der Waals surface area contributed by atoms with Crippen molar-refractivity contribution in [2.45, 2.75) is 6.92 Å². The molecular weight excluding hydrogens is 262 g/mol. The lowest BCUT2D eigenvalue weighted by Crippen LogP contribution is -1.92. The van der Waals surface area contributed by atoms with Crippen LogP contribution in [0.4, 0.5) is 5.69 Å². The molecule has 19 heavy (non-hydrogen) atoms. The molecule has 1 unspecified atom stereocenters. The van der Waals surface area contributed by atoms with Gasteiger partial charge in [-0.2, -0.15) is 4.36 Å². The van der Waals surface area contributed by atoms with Gasteiger partial charge in [0.2, 0.25) is 0 Å². The van der Waals surface area contributed by atoms with Crippen molar-refractivity contribution in [3.63, 3.8) is 0 Å². The van der Waals surface area contributed by atoms with E-state index in [1.807, 2.05) is 43.3 Å². The molecule has 0 aliphatic rings. The Labute approximate surface area is 113 Å². The molecule has 0 heterocycles. The number of hydrogen-bond acceptors (Lipinski definition) is 3. The van der Waals surface area contributed by atoms with Gasteiger partial charge in [0, 0.05) is 6.26 Å². The van der Waals surface area contributed by atoms with Crippen LogP contribution in [-0.4, -0.2) is 15.0 Å². The van der Waals surface area contributed by atoms with Crippen molar-refractivity contribution < 1.29 is 13.5 Å². The largest absolute Gasteiger partial charge is 0.455 e. The molecule has 0 spiro atoms. The Kier molecular flexibility index (Phi) is 3.87. The van der Waals surface area contributed by atoms with Gasteiger partial charge in [-0.1, -0.05) is 24.3 Å². The fourth-order valence-corrected chi connectivity index (χ4v) is 2.09. The van der Waals surface area contributed by atoms with Crippen molar-refractivity contribution >= 4 is 15.7 Å². The first-order valence-corrected chi connectivity index (χ1v) is 7.60. The third-order valence-electron chi connectivity index (χ3n) is 2.35. The topological polar surface area (TPSA) is 58.9 Å². The third-order valence-corrected chi connectivity index (χ3v) is 2.89. The van der Waals surface area contributed by atoms with Crippen LogP contribution in [0, 0.1) is 6.92 Å². The lowest BCUT2D eigenvalue weighted by Gasteiger charge is -2.09. The second kappa shape index (κ2) is 5.42. The summed E-state index contributed by atoms with van der Waals surface area (Å²) < 4.78 is 30.2. The number of aryl methyl sites for hydroxylation is 1. The normalized spacial score (nSPS) is 13.6. The molecule has 100 valence electrons. The van der Waals surface area contributed by atoms with Crippen LogP contribution in [0.5, 0.6) is 11.5 Å². The summed E-state index contributed by atoms with van der Waals surface area (Å²) in [4.78, 5) is 0. The molecule has 2 aromatic rings. The van der Waals surface area contributed by atoms with Gasteiger partial charge in [-0.25, -0.2) is 4.21 Å². The maximum Gasteiger partial charge on any atom is 0.162 e. The highest BCUT2D eigenvalue weighted by molar-refractivity contribution is 7.87.